The van der Waals surface area contributed by atoms with Crippen molar-refractivity contribution >= 4 is 5.91 Å². The highest BCUT2D eigenvalue weighted by Crippen LogP contribution is 2.29. The van der Waals surface area contributed by atoms with Gasteiger partial charge in [-0.2, -0.15) is 0 Å². The first-order valence-electron chi connectivity index (χ1n) is 5.32. The maximum atomic E-state index is 12.5. The molecule has 1 aromatic heterocycles. The number of ether oxygens (including phenoxy) is 1. The Morgan fingerprint density at radius 3 is 2.76 bits per heavy atom. The molecule has 0 saturated heterocycles. The van der Waals surface area contributed by atoms with Gasteiger partial charge in [0.05, 0.1) is 0 Å². The number of hydrogen-bond acceptors (Lipinski definition) is 3. The van der Waals surface area contributed by atoms with Crippen LogP contribution in [0, 0.1) is 0 Å². The van der Waals surface area contributed by atoms with Gasteiger partial charge in [0.2, 0.25) is 5.88 Å². The lowest BCUT2D eigenvalue weighted by Crippen LogP contribution is -2.14. The Hall–Kier alpha value is -1.66. The highest BCUT2D eigenvalue weighted by atomic mass is 19.3. The Morgan fingerprint density at radius 2 is 2.29 bits per heavy atom. The van der Waals surface area contributed by atoms with E-state index in [9.17, 15) is 13.6 Å². The molecule has 1 saturated carbocycles. The third-order valence-electron chi connectivity index (χ3n) is 2.55. The molecule has 5 nitrogen and oxygen atoms in total. The number of carbonyl (C=O) groups excluding carboxylic acids is 1. The number of amides is 1. The van der Waals surface area contributed by atoms with Gasteiger partial charge in [-0.05, 0) is 19.8 Å². The third kappa shape index (κ3) is 2.54. The van der Waals surface area contributed by atoms with Crippen LogP contribution in [0.3, 0.4) is 0 Å². The third-order valence-corrected chi connectivity index (χ3v) is 2.55. The topological polar surface area (TPSA) is 70.1 Å². The summed E-state index contributed by atoms with van der Waals surface area (Å²) in [5, 5.41) is 3.85. The number of alkyl halides is 2. The zero-order valence-corrected chi connectivity index (χ0v) is 9.27. The molecule has 1 aliphatic rings. The van der Waals surface area contributed by atoms with Crippen molar-refractivity contribution in [2.45, 2.75) is 38.3 Å². The molecule has 7 heteroatoms. The summed E-state index contributed by atoms with van der Waals surface area (Å²) in [5.74, 6) is -0.680. The molecule has 0 spiro atoms. The minimum atomic E-state index is -2.57. The molecule has 0 aliphatic heterocycles. The number of aromatic nitrogens is 2. The summed E-state index contributed by atoms with van der Waals surface area (Å²) in [6.45, 7) is 1.31. The van der Waals surface area contributed by atoms with Gasteiger partial charge in [-0.1, -0.05) is 0 Å². The Kier molecular flexibility index (Phi) is 2.99. The molecule has 2 N–H and O–H groups in total. The van der Waals surface area contributed by atoms with Gasteiger partial charge in [0, 0.05) is 6.20 Å². The average Bonchev–Trinajstić information content (AvgIpc) is 2.94. The summed E-state index contributed by atoms with van der Waals surface area (Å²) < 4.78 is 31.4. The number of nitrogens with zero attached hydrogens (tertiary/aromatic N) is 2. The Labute approximate surface area is 96.5 Å². The normalized spacial score (nSPS) is 17.2. The van der Waals surface area contributed by atoms with Crippen molar-refractivity contribution in [2.24, 2.45) is 5.73 Å². The molecule has 94 valence electrons. The Bertz CT molecular complexity index is 429. The SMILES string of the molecule is CC(C(F)F)n1cc(C(N)=O)c(OC2CC2)n1. The summed E-state index contributed by atoms with van der Waals surface area (Å²) in [5.41, 5.74) is 5.19. The number of carbonyl (C=O) groups is 1. The van der Waals surface area contributed by atoms with Gasteiger partial charge >= 0.3 is 0 Å². The molecular weight excluding hydrogens is 232 g/mol. The monoisotopic (exact) mass is 245 g/mol. The molecule has 1 unspecified atom stereocenters. The van der Waals surface area contributed by atoms with E-state index in [0.29, 0.717) is 0 Å². The van der Waals surface area contributed by atoms with Gasteiger partial charge < -0.3 is 10.5 Å². The molecule has 2 rings (SSSR count). The van der Waals surface area contributed by atoms with Crippen LogP contribution in [-0.2, 0) is 0 Å². The van der Waals surface area contributed by atoms with E-state index in [-0.39, 0.29) is 17.5 Å². The zero-order chi connectivity index (χ0) is 12.6. The largest absolute Gasteiger partial charge is 0.473 e. The smallest absolute Gasteiger partial charge is 0.260 e. The van der Waals surface area contributed by atoms with Crippen LogP contribution in [0.1, 0.15) is 36.2 Å². The van der Waals surface area contributed by atoms with Crippen LogP contribution >= 0.6 is 0 Å². The predicted molar refractivity (Wildman–Crippen MR) is 55.1 cm³/mol. The first-order valence-corrected chi connectivity index (χ1v) is 5.32. The van der Waals surface area contributed by atoms with Crippen molar-refractivity contribution in [2.75, 3.05) is 0 Å². The molecule has 1 aliphatic carbocycles. The van der Waals surface area contributed by atoms with Crippen molar-refractivity contribution in [3.05, 3.63) is 11.8 Å². The van der Waals surface area contributed by atoms with E-state index in [1.54, 1.807) is 0 Å². The van der Waals surface area contributed by atoms with Gasteiger partial charge in [-0.25, -0.2) is 8.78 Å². The second-order valence-electron chi connectivity index (χ2n) is 4.08. The Balaban J connectivity index is 2.26. The summed E-state index contributed by atoms with van der Waals surface area (Å²) in [6.07, 6.45) is 0.435. The number of rotatable bonds is 5. The highest BCUT2D eigenvalue weighted by Gasteiger charge is 2.29. The molecule has 0 bridgehead atoms. The van der Waals surface area contributed by atoms with Crippen LogP contribution in [0.4, 0.5) is 8.78 Å². The lowest BCUT2D eigenvalue weighted by molar-refractivity contribution is 0.0845. The van der Waals surface area contributed by atoms with Crippen LogP contribution in [0.25, 0.3) is 0 Å². The summed E-state index contributed by atoms with van der Waals surface area (Å²) >= 11 is 0. The molecule has 1 atom stereocenters. The zero-order valence-electron chi connectivity index (χ0n) is 9.27. The Morgan fingerprint density at radius 1 is 1.65 bits per heavy atom. The van der Waals surface area contributed by atoms with E-state index in [2.05, 4.69) is 5.10 Å². The van der Waals surface area contributed by atoms with E-state index >= 15 is 0 Å². The maximum Gasteiger partial charge on any atom is 0.260 e. The molecule has 0 aromatic carbocycles. The summed E-state index contributed by atoms with van der Waals surface area (Å²) in [7, 11) is 0. The van der Waals surface area contributed by atoms with Crippen LogP contribution in [0.15, 0.2) is 6.20 Å². The van der Waals surface area contributed by atoms with Crippen molar-refractivity contribution in [3.63, 3.8) is 0 Å². The fourth-order valence-electron chi connectivity index (χ4n) is 1.30. The number of primary amides is 1. The minimum Gasteiger partial charge on any atom is -0.473 e. The quantitative estimate of drug-likeness (QED) is 0.851. The molecule has 17 heavy (non-hydrogen) atoms. The lowest BCUT2D eigenvalue weighted by Gasteiger charge is -2.09. The first kappa shape index (κ1) is 11.8. The highest BCUT2D eigenvalue weighted by molar-refractivity contribution is 5.94. The van der Waals surface area contributed by atoms with E-state index in [4.69, 9.17) is 10.5 Å². The van der Waals surface area contributed by atoms with Gasteiger partial charge in [0.1, 0.15) is 17.7 Å². The van der Waals surface area contributed by atoms with Crippen molar-refractivity contribution in [1.82, 2.24) is 9.78 Å². The van der Waals surface area contributed by atoms with Crippen LogP contribution < -0.4 is 10.5 Å². The minimum absolute atomic E-state index is 0.0262. The van der Waals surface area contributed by atoms with E-state index in [0.717, 1.165) is 17.5 Å². The summed E-state index contributed by atoms with van der Waals surface area (Å²) in [6, 6.07) is -1.12. The van der Waals surface area contributed by atoms with Crippen LogP contribution in [-0.4, -0.2) is 28.2 Å². The standard InChI is InChI=1S/C10H13F2N3O2/c1-5(8(11)12)15-4-7(9(13)16)10(14-15)17-6-2-3-6/h4-6,8H,2-3H2,1H3,(H2,13,16). The average molecular weight is 245 g/mol. The molecule has 1 heterocycles. The second kappa shape index (κ2) is 4.31. The second-order valence-corrected chi connectivity index (χ2v) is 4.08. The van der Waals surface area contributed by atoms with E-state index < -0.39 is 18.4 Å². The maximum absolute atomic E-state index is 12.5. The first-order chi connectivity index (χ1) is 7.99. The summed E-state index contributed by atoms with van der Waals surface area (Å²) in [4.78, 5) is 11.1. The van der Waals surface area contributed by atoms with Crippen molar-refractivity contribution < 1.29 is 18.3 Å². The van der Waals surface area contributed by atoms with Crippen LogP contribution in [0.2, 0.25) is 0 Å². The van der Waals surface area contributed by atoms with E-state index in [1.807, 2.05) is 0 Å². The van der Waals surface area contributed by atoms with Gasteiger partial charge in [0.15, 0.2) is 0 Å². The fraction of sp³-hybridized carbons (Fsp3) is 0.600. The molecule has 1 fully saturated rings. The molecule has 1 amide bonds. The lowest BCUT2D eigenvalue weighted by atomic mass is 10.3. The fourth-order valence-corrected chi connectivity index (χ4v) is 1.30. The number of hydrogen-bond donors (Lipinski definition) is 1. The molecular formula is C10H13F2N3O2. The van der Waals surface area contributed by atoms with Crippen molar-refractivity contribution in [3.8, 4) is 5.88 Å². The predicted octanol–water partition coefficient (Wildman–Crippen LogP) is 1.35. The van der Waals surface area contributed by atoms with Gasteiger partial charge in [0.25, 0.3) is 12.3 Å². The van der Waals surface area contributed by atoms with Crippen LogP contribution in [0.5, 0.6) is 5.88 Å². The molecule has 1 aromatic rings. The van der Waals surface area contributed by atoms with Gasteiger partial charge in [-0.3, -0.25) is 9.48 Å². The van der Waals surface area contributed by atoms with E-state index in [1.165, 1.54) is 13.1 Å². The van der Waals surface area contributed by atoms with Gasteiger partial charge in [-0.15, -0.1) is 5.10 Å². The number of nitrogens with two attached hydrogens (primary N) is 1. The number of halogens is 2. The molecule has 0 radical (unpaired) electrons. The van der Waals surface area contributed by atoms with Crippen molar-refractivity contribution in [1.29, 1.82) is 0 Å².